The van der Waals surface area contributed by atoms with Gasteiger partial charge < -0.3 is 24.5 Å². The van der Waals surface area contributed by atoms with Crippen LogP contribution in [0.25, 0.3) is 10.9 Å². The Balaban J connectivity index is 1.58. The number of H-pyrrole nitrogens is 1. The molecule has 39 heavy (non-hydrogen) atoms. The van der Waals surface area contributed by atoms with Gasteiger partial charge in [-0.05, 0) is 67.1 Å². The first-order valence-corrected chi connectivity index (χ1v) is 13.1. The summed E-state index contributed by atoms with van der Waals surface area (Å²) in [5, 5.41) is 23.4. The molecule has 0 amide bonds. The van der Waals surface area contributed by atoms with Crippen LogP contribution in [0.3, 0.4) is 0 Å². The van der Waals surface area contributed by atoms with E-state index in [2.05, 4.69) is 51.1 Å². The molecule has 2 N–H and O–H groups in total. The molecule has 3 heterocycles. The number of anilines is 1. The molecule has 206 valence electrons. The molecule has 4 aromatic rings. The van der Waals surface area contributed by atoms with E-state index in [0.717, 1.165) is 30.6 Å². The number of rotatable bonds is 8. The van der Waals surface area contributed by atoms with Crippen LogP contribution in [0.2, 0.25) is 0 Å². The van der Waals surface area contributed by atoms with Gasteiger partial charge in [-0.25, -0.2) is 4.68 Å². The van der Waals surface area contributed by atoms with Gasteiger partial charge in [0.15, 0.2) is 17.3 Å². The summed E-state index contributed by atoms with van der Waals surface area (Å²) >= 11 is 0. The third-order valence-corrected chi connectivity index (χ3v) is 7.74. The van der Waals surface area contributed by atoms with Crippen LogP contribution in [-0.2, 0) is 5.54 Å². The average Bonchev–Trinajstić information content (AvgIpc) is 3.44. The number of tetrazole rings is 1. The number of piperazine rings is 1. The third kappa shape index (κ3) is 5.01. The van der Waals surface area contributed by atoms with Gasteiger partial charge in [-0.3, -0.25) is 9.69 Å². The maximum Gasteiger partial charge on any atom is 0.253 e. The largest absolute Gasteiger partial charge is 0.508 e. The van der Waals surface area contributed by atoms with Crippen LogP contribution in [0.5, 0.6) is 17.2 Å². The fourth-order valence-corrected chi connectivity index (χ4v) is 5.10. The summed E-state index contributed by atoms with van der Waals surface area (Å²) in [6.07, 6.45) is 0.817. The van der Waals surface area contributed by atoms with E-state index in [-0.39, 0.29) is 16.8 Å². The minimum absolute atomic E-state index is 0.204. The number of ether oxygens (including phenoxy) is 2. The molecule has 5 rings (SSSR count). The number of nitrogens with one attached hydrogen (secondary N) is 1. The Morgan fingerprint density at radius 1 is 1.03 bits per heavy atom. The topological polar surface area (TPSA) is 122 Å². The van der Waals surface area contributed by atoms with E-state index >= 15 is 0 Å². The van der Waals surface area contributed by atoms with E-state index in [1.807, 2.05) is 28.9 Å². The second kappa shape index (κ2) is 10.6. The minimum atomic E-state index is -0.464. The molecule has 2 aromatic carbocycles. The molecule has 1 atom stereocenters. The van der Waals surface area contributed by atoms with Crippen LogP contribution >= 0.6 is 0 Å². The molecule has 0 radical (unpaired) electrons. The van der Waals surface area contributed by atoms with Gasteiger partial charge in [0.05, 0.1) is 25.3 Å². The van der Waals surface area contributed by atoms with Gasteiger partial charge in [0.1, 0.15) is 11.8 Å². The molecule has 1 saturated heterocycles. The number of fused-ring (bicyclic) bond motifs is 1. The van der Waals surface area contributed by atoms with Gasteiger partial charge in [0.25, 0.3) is 5.56 Å². The minimum Gasteiger partial charge on any atom is -0.508 e. The van der Waals surface area contributed by atoms with Crippen molar-refractivity contribution in [3.05, 3.63) is 64.2 Å². The van der Waals surface area contributed by atoms with Crippen molar-refractivity contribution in [1.29, 1.82) is 0 Å². The van der Waals surface area contributed by atoms with Crippen LogP contribution in [0, 0.1) is 0 Å². The molecular weight excluding hydrogens is 498 g/mol. The highest BCUT2D eigenvalue weighted by atomic mass is 16.5. The molecule has 1 aliphatic heterocycles. The van der Waals surface area contributed by atoms with E-state index in [0.29, 0.717) is 41.5 Å². The monoisotopic (exact) mass is 533 g/mol. The van der Waals surface area contributed by atoms with Crippen molar-refractivity contribution in [3.63, 3.8) is 0 Å². The maximum absolute atomic E-state index is 13.6. The lowest BCUT2D eigenvalue weighted by Gasteiger charge is -2.40. The number of benzene rings is 2. The second-order valence-corrected chi connectivity index (χ2v) is 10.4. The van der Waals surface area contributed by atoms with E-state index in [9.17, 15) is 9.90 Å². The third-order valence-electron chi connectivity index (χ3n) is 7.74. The van der Waals surface area contributed by atoms with Gasteiger partial charge in [0, 0.05) is 48.9 Å². The van der Waals surface area contributed by atoms with Gasteiger partial charge in [-0.15, -0.1) is 5.10 Å². The molecule has 0 spiro atoms. The smallest absolute Gasteiger partial charge is 0.253 e. The number of methoxy groups -OCH3 is 2. The van der Waals surface area contributed by atoms with E-state index in [4.69, 9.17) is 9.47 Å². The SMILES string of the molecule is CCC(C)(C)n1nnnc1[C@@H](c1cc2cc(OC)c(OC)cc2[nH]c1=O)N1CCN(c2ccc(O)cc2)CC1. The highest BCUT2D eigenvalue weighted by Crippen LogP contribution is 2.35. The van der Waals surface area contributed by atoms with Gasteiger partial charge in [0.2, 0.25) is 0 Å². The van der Waals surface area contributed by atoms with Gasteiger partial charge >= 0.3 is 0 Å². The fraction of sp³-hybridized carbons (Fsp3) is 0.429. The van der Waals surface area contributed by atoms with Crippen molar-refractivity contribution in [3.8, 4) is 17.2 Å². The van der Waals surface area contributed by atoms with Crippen molar-refractivity contribution in [2.75, 3.05) is 45.3 Å². The molecule has 2 aromatic heterocycles. The van der Waals surface area contributed by atoms with Crippen molar-refractivity contribution >= 4 is 16.6 Å². The summed E-state index contributed by atoms with van der Waals surface area (Å²) in [5.74, 6) is 2.00. The Bertz CT molecular complexity index is 1500. The molecule has 0 saturated carbocycles. The van der Waals surface area contributed by atoms with Crippen LogP contribution in [0.1, 0.15) is 44.6 Å². The highest BCUT2D eigenvalue weighted by Gasteiger charge is 2.35. The lowest BCUT2D eigenvalue weighted by Crippen LogP contribution is -2.49. The van der Waals surface area contributed by atoms with Crippen molar-refractivity contribution in [1.82, 2.24) is 30.1 Å². The summed E-state index contributed by atoms with van der Waals surface area (Å²) in [6, 6.07) is 12.3. The van der Waals surface area contributed by atoms with Gasteiger partial charge in [-0.2, -0.15) is 0 Å². The summed E-state index contributed by atoms with van der Waals surface area (Å²) in [5.41, 5.74) is 1.72. The highest BCUT2D eigenvalue weighted by molar-refractivity contribution is 5.83. The molecule has 0 aliphatic carbocycles. The molecule has 1 aliphatic rings. The first-order valence-electron chi connectivity index (χ1n) is 13.1. The number of pyridine rings is 1. The fourth-order valence-electron chi connectivity index (χ4n) is 5.10. The Morgan fingerprint density at radius 2 is 1.69 bits per heavy atom. The molecule has 11 nitrogen and oxygen atoms in total. The maximum atomic E-state index is 13.6. The average molecular weight is 534 g/mol. The number of hydrogen-bond acceptors (Lipinski definition) is 9. The summed E-state index contributed by atoms with van der Waals surface area (Å²) < 4.78 is 12.8. The van der Waals surface area contributed by atoms with Crippen LogP contribution in [0.15, 0.2) is 47.3 Å². The van der Waals surface area contributed by atoms with Crippen molar-refractivity contribution in [2.24, 2.45) is 0 Å². The Kier molecular flexibility index (Phi) is 7.17. The number of hydrogen-bond donors (Lipinski definition) is 2. The molecular formula is C28H35N7O4. The van der Waals surface area contributed by atoms with E-state index in [1.165, 1.54) is 0 Å². The predicted octanol–water partition coefficient (Wildman–Crippen LogP) is 3.29. The number of aromatic nitrogens is 5. The first-order chi connectivity index (χ1) is 18.7. The number of phenols is 1. The van der Waals surface area contributed by atoms with Crippen molar-refractivity contribution < 1.29 is 14.6 Å². The predicted molar refractivity (Wildman–Crippen MR) is 149 cm³/mol. The van der Waals surface area contributed by atoms with Crippen LogP contribution in [0.4, 0.5) is 5.69 Å². The zero-order chi connectivity index (χ0) is 27.7. The standard InChI is InChI=1S/C28H35N7O4/c1-6-28(2,3)35-26(30-31-32-35)25(34-13-11-33(12-14-34)19-7-9-20(36)10-8-19)21-15-18-16-23(38-4)24(39-5)17-22(18)29-27(21)37/h7-10,15-17,25,36H,6,11-14H2,1-5H3,(H,29,37)/t25-/m1/s1. The quantitative estimate of drug-likeness (QED) is 0.351. The lowest BCUT2D eigenvalue weighted by molar-refractivity contribution is 0.186. The number of aromatic hydroxyl groups is 1. The number of aromatic amines is 1. The molecule has 1 fully saturated rings. The van der Waals surface area contributed by atoms with E-state index < -0.39 is 6.04 Å². The zero-order valence-corrected chi connectivity index (χ0v) is 23.0. The molecule has 0 unspecified atom stereocenters. The lowest BCUT2D eigenvalue weighted by atomic mass is 9.98. The zero-order valence-electron chi connectivity index (χ0n) is 23.0. The summed E-state index contributed by atoms with van der Waals surface area (Å²) in [7, 11) is 3.16. The second-order valence-electron chi connectivity index (χ2n) is 10.4. The number of phenolic OH excluding ortho intramolecular Hbond substituents is 1. The Hall–Kier alpha value is -4.12. The van der Waals surface area contributed by atoms with Gasteiger partial charge in [-0.1, -0.05) is 6.92 Å². The van der Waals surface area contributed by atoms with Crippen molar-refractivity contribution in [2.45, 2.75) is 38.8 Å². The molecule has 11 heteroatoms. The number of nitrogens with zero attached hydrogens (tertiary/aromatic N) is 6. The summed E-state index contributed by atoms with van der Waals surface area (Å²) in [4.78, 5) is 21.2. The Morgan fingerprint density at radius 3 is 2.33 bits per heavy atom. The van der Waals surface area contributed by atoms with Crippen LogP contribution < -0.4 is 19.9 Å². The molecule has 0 bridgehead atoms. The first kappa shape index (κ1) is 26.5. The Labute approximate surface area is 227 Å². The summed E-state index contributed by atoms with van der Waals surface area (Å²) in [6.45, 7) is 9.15. The van der Waals surface area contributed by atoms with Crippen LogP contribution in [-0.4, -0.2) is 75.6 Å². The normalized spacial score (nSPS) is 15.5. The van der Waals surface area contributed by atoms with E-state index in [1.54, 1.807) is 32.4 Å².